The smallest absolute Gasteiger partial charge is 0.277 e. The Hall–Kier alpha value is -4.75. The molecule has 16 nitrogen and oxygen atoms in total. The van der Waals surface area contributed by atoms with Gasteiger partial charge in [0.25, 0.3) is 5.91 Å². The molecule has 0 bridgehead atoms. The molecule has 21 heteroatoms. The Morgan fingerprint density at radius 3 is 2.33 bits per heavy atom. The molecule has 0 unspecified atom stereocenters. The molecule has 1 fully saturated rings. The third-order valence-electron chi connectivity index (χ3n) is 10.4. The van der Waals surface area contributed by atoms with Gasteiger partial charge in [-0.1, -0.05) is 45.0 Å². The maximum absolute atomic E-state index is 14.6. The van der Waals surface area contributed by atoms with Gasteiger partial charge in [-0.3, -0.25) is 24.0 Å². The number of nitrogens with zero attached hydrogens (tertiary/aromatic N) is 2. The fourth-order valence-corrected chi connectivity index (χ4v) is 8.15. The molecular formula is C46H57F3IN7O9S. The van der Waals surface area contributed by atoms with Crippen LogP contribution < -0.4 is 26.7 Å². The Morgan fingerprint density at radius 1 is 0.925 bits per heavy atom. The van der Waals surface area contributed by atoms with E-state index in [2.05, 4.69) is 31.7 Å². The second kappa shape index (κ2) is 26.1. The lowest BCUT2D eigenvalue weighted by Gasteiger charge is -2.35. The van der Waals surface area contributed by atoms with Gasteiger partial charge in [0, 0.05) is 29.6 Å². The van der Waals surface area contributed by atoms with Gasteiger partial charge in [-0.2, -0.15) is 0 Å². The lowest BCUT2D eigenvalue weighted by Crippen LogP contribution is -2.58. The summed E-state index contributed by atoms with van der Waals surface area (Å²) in [6.07, 6.45) is -0.315. The quantitative estimate of drug-likeness (QED) is 0.0282. The van der Waals surface area contributed by atoms with Gasteiger partial charge in [-0.15, -0.1) is 11.3 Å². The predicted molar refractivity (Wildman–Crippen MR) is 254 cm³/mol. The summed E-state index contributed by atoms with van der Waals surface area (Å²) < 4.78 is 60.1. The van der Waals surface area contributed by atoms with Crippen molar-refractivity contribution in [3.05, 3.63) is 98.0 Å². The number of β-amino-alcohol motifs (C(OH)–C–C–N with tert-alkyl or cyclic N) is 1. The van der Waals surface area contributed by atoms with Gasteiger partial charge in [0.15, 0.2) is 11.6 Å². The highest BCUT2D eigenvalue weighted by Gasteiger charge is 2.44. The first-order valence-corrected chi connectivity index (χ1v) is 23.6. The van der Waals surface area contributed by atoms with E-state index < -0.39 is 70.4 Å². The summed E-state index contributed by atoms with van der Waals surface area (Å²) >= 11 is 3.47. The molecule has 1 aliphatic heterocycles. The van der Waals surface area contributed by atoms with Gasteiger partial charge < -0.3 is 45.5 Å². The average molecular weight is 1070 g/mol. The minimum absolute atomic E-state index is 0.0383. The van der Waals surface area contributed by atoms with E-state index in [0.717, 1.165) is 33.8 Å². The number of aryl methyl sites for hydroxylation is 1. The SMILES string of the molecule is Cc1ncsc1-c1ccc(CNC(=O)[C@@H]2C[C@@H](O)CN2C(=O)[C@@H](NC(=O)COCCOCCOCCNCCCONC(=O)c2ccc(F)c(F)c2Nc2ccc(I)cc2F)C(C)(C)C)cc1. The van der Waals surface area contributed by atoms with Crippen LogP contribution in [0, 0.1) is 33.4 Å². The van der Waals surface area contributed by atoms with Gasteiger partial charge in [-0.05, 0) is 89.4 Å². The van der Waals surface area contributed by atoms with Crippen molar-refractivity contribution in [1.29, 1.82) is 0 Å². The Morgan fingerprint density at radius 2 is 1.64 bits per heavy atom. The topological polar surface area (TPSA) is 202 Å². The fraction of sp³-hybridized carbons (Fsp3) is 0.457. The van der Waals surface area contributed by atoms with E-state index in [1.807, 2.05) is 53.8 Å². The number of benzene rings is 3. The van der Waals surface area contributed by atoms with Gasteiger partial charge in [0.05, 0.1) is 78.8 Å². The Labute approximate surface area is 405 Å². The molecule has 4 aromatic rings. The molecule has 364 valence electrons. The molecule has 67 heavy (non-hydrogen) atoms. The molecule has 0 radical (unpaired) electrons. The van der Waals surface area contributed by atoms with Crippen LogP contribution in [0.4, 0.5) is 24.5 Å². The number of amides is 4. The summed E-state index contributed by atoms with van der Waals surface area (Å²) in [4.78, 5) is 64.8. The Balaban J connectivity index is 0.900. The van der Waals surface area contributed by atoms with E-state index in [1.165, 1.54) is 17.0 Å². The number of likely N-dealkylation sites (tertiary alicyclic amines) is 1. The minimum atomic E-state index is -1.34. The van der Waals surface area contributed by atoms with E-state index in [-0.39, 0.29) is 63.8 Å². The van der Waals surface area contributed by atoms with Crippen LogP contribution >= 0.6 is 33.9 Å². The second-order valence-electron chi connectivity index (χ2n) is 16.6. The summed E-state index contributed by atoms with van der Waals surface area (Å²) in [6.45, 7) is 9.72. The summed E-state index contributed by atoms with van der Waals surface area (Å²) in [5.74, 6) is -5.47. The number of thiazole rings is 1. The number of aliphatic hydroxyl groups is 1. The number of anilines is 2. The number of hydrogen-bond acceptors (Lipinski definition) is 13. The summed E-state index contributed by atoms with van der Waals surface area (Å²) in [6, 6.07) is 11.9. The lowest BCUT2D eigenvalue weighted by atomic mass is 9.85. The molecule has 1 saturated heterocycles. The molecule has 3 aromatic carbocycles. The van der Waals surface area contributed by atoms with Crippen molar-refractivity contribution in [2.45, 2.75) is 65.3 Å². The fourth-order valence-electron chi connectivity index (χ4n) is 6.89. The number of hydrogen-bond donors (Lipinski definition) is 6. The Bertz CT molecular complexity index is 2290. The monoisotopic (exact) mass is 1070 g/mol. The molecule has 0 aliphatic carbocycles. The highest BCUT2D eigenvalue weighted by atomic mass is 127. The van der Waals surface area contributed by atoms with Crippen LogP contribution in [0.15, 0.2) is 60.1 Å². The number of nitrogens with one attached hydrogen (secondary N) is 5. The minimum Gasteiger partial charge on any atom is -0.391 e. The van der Waals surface area contributed by atoms with E-state index in [4.69, 9.17) is 19.0 Å². The second-order valence-corrected chi connectivity index (χ2v) is 18.7. The van der Waals surface area contributed by atoms with E-state index in [1.54, 1.807) is 43.7 Å². The molecular weight excluding hydrogens is 1010 g/mol. The zero-order valence-electron chi connectivity index (χ0n) is 37.7. The first kappa shape index (κ1) is 53.2. The van der Waals surface area contributed by atoms with Crippen molar-refractivity contribution in [3.63, 3.8) is 0 Å². The zero-order valence-corrected chi connectivity index (χ0v) is 40.7. The van der Waals surface area contributed by atoms with Crippen LogP contribution in [0.1, 0.15) is 55.2 Å². The van der Waals surface area contributed by atoms with Crippen molar-refractivity contribution >= 4 is 68.9 Å². The first-order valence-electron chi connectivity index (χ1n) is 21.6. The van der Waals surface area contributed by atoms with E-state index in [9.17, 15) is 37.5 Å². The summed E-state index contributed by atoms with van der Waals surface area (Å²) in [7, 11) is 0. The van der Waals surface area contributed by atoms with Gasteiger partial charge in [0.1, 0.15) is 24.5 Å². The van der Waals surface area contributed by atoms with Crippen LogP contribution in [-0.4, -0.2) is 123 Å². The van der Waals surface area contributed by atoms with Crippen molar-refractivity contribution in [1.82, 2.24) is 31.3 Å². The molecule has 1 aromatic heterocycles. The number of aromatic nitrogens is 1. The summed E-state index contributed by atoms with van der Waals surface area (Å²) in [5.41, 5.74) is 5.20. The summed E-state index contributed by atoms with van der Waals surface area (Å²) in [5, 5.41) is 21.8. The van der Waals surface area contributed by atoms with Gasteiger partial charge in [-0.25, -0.2) is 23.6 Å². The number of carbonyl (C=O) groups excluding carboxylic acids is 4. The average Bonchev–Trinajstić information content (AvgIpc) is 3.91. The normalized spacial score (nSPS) is 15.3. The van der Waals surface area contributed by atoms with Gasteiger partial charge >= 0.3 is 0 Å². The van der Waals surface area contributed by atoms with Crippen LogP contribution in [-0.2, 0) is 40.0 Å². The van der Waals surface area contributed by atoms with Crippen LogP contribution in [0.5, 0.6) is 0 Å². The van der Waals surface area contributed by atoms with E-state index in [0.29, 0.717) is 36.3 Å². The number of aliphatic hydroxyl groups excluding tert-OH is 1. The highest BCUT2D eigenvalue weighted by Crippen LogP contribution is 2.30. The standard InChI is InChI=1S/C46H57F3IN7O9S/c1-28-41(67-27-53-28)30-8-6-29(7-9-30)24-52-44(61)37-23-32(58)25-57(37)45(62)42(46(2,3)4)55-38(59)26-65-21-20-64-19-18-63-17-15-51-14-5-16-66-56-43(60)33-11-12-34(47)39(49)40(33)54-36-13-10-31(50)22-35(36)48/h6-13,22,27,32,37,42,51,54,58H,5,14-21,23-26H2,1-4H3,(H,52,61)(H,55,59)(H,56,60)/t32-,37+,42-/m1/s1. The van der Waals surface area contributed by atoms with E-state index >= 15 is 0 Å². The Kier molecular flexibility index (Phi) is 20.7. The lowest BCUT2D eigenvalue weighted by molar-refractivity contribution is -0.144. The molecule has 6 N–H and O–H groups in total. The molecule has 2 heterocycles. The third-order valence-corrected chi connectivity index (χ3v) is 12.1. The van der Waals surface area contributed by atoms with Gasteiger partial charge in [0.2, 0.25) is 17.7 Å². The number of halogens is 4. The zero-order chi connectivity index (χ0) is 48.5. The largest absolute Gasteiger partial charge is 0.391 e. The first-order chi connectivity index (χ1) is 32.0. The van der Waals surface area contributed by atoms with Crippen molar-refractivity contribution in [3.8, 4) is 10.4 Å². The molecule has 4 amide bonds. The molecule has 5 rings (SSSR count). The molecule has 0 saturated carbocycles. The number of hydroxylamine groups is 1. The number of ether oxygens (including phenoxy) is 3. The van der Waals surface area contributed by atoms with Crippen molar-refractivity contribution in [2.75, 3.05) is 71.2 Å². The van der Waals surface area contributed by atoms with Crippen LogP contribution in [0.25, 0.3) is 10.4 Å². The van der Waals surface area contributed by atoms with Crippen LogP contribution in [0.2, 0.25) is 0 Å². The highest BCUT2D eigenvalue weighted by molar-refractivity contribution is 14.1. The number of rotatable bonds is 25. The van der Waals surface area contributed by atoms with Crippen molar-refractivity contribution < 1.29 is 56.5 Å². The molecule has 0 spiro atoms. The predicted octanol–water partition coefficient (Wildman–Crippen LogP) is 5.38. The third kappa shape index (κ3) is 16.2. The molecule has 3 atom stereocenters. The molecule has 1 aliphatic rings. The number of carbonyl (C=O) groups is 4. The van der Waals surface area contributed by atoms with Crippen molar-refractivity contribution in [2.24, 2.45) is 5.41 Å². The maximum Gasteiger partial charge on any atom is 0.277 e. The van der Waals surface area contributed by atoms with Crippen LogP contribution in [0.3, 0.4) is 0 Å². The maximum atomic E-state index is 14.6.